The molecule has 0 saturated carbocycles. The molecule has 0 aromatic heterocycles. The lowest BCUT2D eigenvalue weighted by molar-refractivity contribution is -0.142. The van der Waals surface area contributed by atoms with Gasteiger partial charge in [0.25, 0.3) is 0 Å². The minimum Gasteiger partial charge on any atom is -0.481 e. The van der Waals surface area contributed by atoms with Crippen molar-refractivity contribution in [2.75, 3.05) is 13.7 Å². The molecule has 0 bridgehead atoms. The van der Waals surface area contributed by atoms with Crippen LogP contribution >= 0.6 is 0 Å². The Labute approximate surface area is 96.1 Å². The SMILES string of the molecule is COCCC(Cc1ccc(C)cc1)C(=O)O. The first-order valence-electron chi connectivity index (χ1n) is 5.40. The number of carbonyl (C=O) groups is 1. The molecule has 1 rings (SSSR count). The zero-order chi connectivity index (χ0) is 12.0. The van der Waals surface area contributed by atoms with Crippen LogP contribution in [0.15, 0.2) is 24.3 Å². The highest BCUT2D eigenvalue weighted by atomic mass is 16.5. The van der Waals surface area contributed by atoms with Crippen LogP contribution in [-0.2, 0) is 16.0 Å². The van der Waals surface area contributed by atoms with E-state index in [-0.39, 0.29) is 5.92 Å². The van der Waals surface area contributed by atoms with Gasteiger partial charge in [-0.15, -0.1) is 0 Å². The lowest BCUT2D eigenvalue weighted by atomic mass is 9.96. The Balaban J connectivity index is 2.60. The van der Waals surface area contributed by atoms with E-state index in [1.165, 1.54) is 5.56 Å². The van der Waals surface area contributed by atoms with Crippen LogP contribution in [0, 0.1) is 12.8 Å². The second kappa shape index (κ2) is 6.28. The third-order valence-corrected chi connectivity index (χ3v) is 2.62. The molecule has 3 heteroatoms. The number of aryl methyl sites for hydroxylation is 1. The van der Waals surface area contributed by atoms with Gasteiger partial charge in [-0.3, -0.25) is 4.79 Å². The number of hydrogen-bond acceptors (Lipinski definition) is 2. The minimum atomic E-state index is -0.752. The van der Waals surface area contributed by atoms with E-state index in [4.69, 9.17) is 9.84 Å². The summed E-state index contributed by atoms with van der Waals surface area (Å²) in [5.74, 6) is -1.11. The summed E-state index contributed by atoms with van der Waals surface area (Å²) in [6.07, 6.45) is 1.12. The van der Waals surface area contributed by atoms with Gasteiger partial charge < -0.3 is 9.84 Å². The Kier molecular flexibility index (Phi) is 4.99. The molecule has 0 aliphatic carbocycles. The van der Waals surface area contributed by atoms with Crippen LogP contribution in [0.5, 0.6) is 0 Å². The van der Waals surface area contributed by atoms with Crippen molar-refractivity contribution in [2.45, 2.75) is 19.8 Å². The summed E-state index contributed by atoms with van der Waals surface area (Å²) in [7, 11) is 1.59. The molecule has 1 atom stereocenters. The Bertz CT molecular complexity index is 330. The van der Waals surface area contributed by atoms with Gasteiger partial charge >= 0.3 is 5.97 Å². The number of ether oxygens (including phenoxy) is 1. The third-order valence-electron chi connectivity index (χ3n) is 2.62. The largest absolute Gasteiger partial charge is 0.481 e. The van der Waals surface area contributed by atoms with Crippen molar-refractivity contribution >= 4 is 5.97 Å². The number of aliphatic carboxylic acids is 1. The predicted octanol–water partition coefficient (Wildman–Crippen LogP) is 2.27. The molecule has 1 unspecified atom stereocenters. The Hall–Kier alpha value is -1.35. The monoisotopic (exact) mass is 222 g/mol. The van der Waals surface area contributed by atoms with E-state index in [0.717, 1.165) is 5.56 Å². The lowest BCUT2D eigenvalue weighted by Gasteiger charge is -2.11. The molecule has 0 heterocycles. The number of rotatable bonds is 6. The molecule has 0 aliphatic rings. The summed E-state index contributed by atoms with van der Waals surface area (Å²) in [5.41, 5.74) is 2.25. The zero-order valence-electron chi connectivity index (χ0n) is 9.77. The maximum absolute atomic E-state index is 11.0. The lowest BCUT2D eigenvalue weighted by Crippen LogP contribution is -2.18. The number of benzene rings is 1. The van der Waals surface area contributed by atoms with Gasteiger partial charge in [-0.1, -0.05) is 29.8 Å². The van der Waals surface area contributed by atoms with Crippen molar-refractivity contribution in [3.63, 3.8) is 0 Å². The van der Waals surface area contributed by atoms with Crippen molar-refractivity contribution < 1.29 is 14.6 Å². The molecule has 16 heavy (non-hydrogen) atoms. The van der Waals surface area contributed by atoms with Crippen molar-refractivity contribution in [3.05, 3.63) is 35.4 Å². The van der Waals surface area contributed by atoms with E-state index < -0.39 is 5.97 Å². The normalized spacial score (nSPS) is 12.4. The Morgan fingerprint density at radius 3 is 2.50 bits per heavy atom. The van der Waals surface area contributed by atoms with Gasteiger partial charge in [0.2, 0.25) is 0 Å². The molecule has 0 radical (unpaired) electrons. The molecule has 88 valence electrons. The molecule has 3 nitrogen and oxygen atoms in total. The van der Waals surface area contributed by atoms with Crippen LogP contribution in [-0.4, -0.2) is 24.8 Å². The standard InChI is InChI=1S/C13H18O3/c1-10-3-5-11(6-4-10)9-12(13(14)15)7-8-16-2/h3-6,12H,7-9H2,1-2H3,(H,14,15). The van der Waals surface area contributed by atoms with Crippen molar-refractivity contribution in [1.82, 2.24) is 0 Å². The summed E-state index contributed by atoms with van der Waals surface area (Å²) in [6, 6.07) is 7.98. The van der Waals surface area contributed by atoms with E-state index >= 15 is 0 Å². The maximum atomic E-state index is 11.0. The third kappa shape index (κ3) is 4.03. The molecule has 1 N–H and O–H groups in total. The molecule has 0 spiro atoms. The van der Waals surface area contributed by atoms with E-state index in [1.807, 2.05) is 31.2 Å². The summed E-state index contributed by atoms with van der Waals surface area (Å²) < 4.78 is 4.92. The average Bonchev–Trinajstić information content (AvgIpc) is 2.26. The second-order valence-corrected chi connectivity index (χ2v) is 4.01. The number of hydrogen-bond donors (Lipinski definition) is 1. The maximum Gasteiger partial charge on any atom is 0.306 e. The van der Waals surface area contributed by atoms with Gasteiger partial charge in [0.15, 0.2) is 0 Å². The fourth-order valence-corrected chi connectivity index (χ4v) is 1.58. The molecular formula is C13H18O3. The van der Waals surface area contributed by atoms with E-state index in [9.17, 15) is 4.79 Å². The van der Waals surface area contributed by atoms with E-state index in [1.54, 1.807) is 7.11 Å². The predicted molar refractivity (Wildman–Crippen MR) is 62.5 cm³/mol. The fraction of sp³-hybridized carbons (Fsp3) is 0.462. The fourth-order valence-electron chi connectivity index (χ4n) is 1.58. The van der Waals surface area contributed by atoms with Gasteiger partial charge in [-0.05, 0) is 25.3 Å². The molecule has 0 amide bonds. The Morgan fingerprint density at radius 1 is 1.38 bits per heavy atom. The Morgan fingerprint density at radius 2 is 2.00 bits per heavy atom. The molecule has 1 aromatic rings. The first-order chi connectivity index (χ1) is 7.63. The highest BCUT2D eigenvalue weighted by molar-refractivity contribution is 5.70. The average molecular weight is 222 g/mol. The van der Waals surface area contributed by atoms with Crippen LogP contribution in [0.4, 0.5) is 0 Å². The summed E-state index contributed by atoms with van der Waals surface area (Å²) in [6.45, 7) is 2.51. The first kappa shape index (κ1) is 12.7. The quantitative estimate of drug-likeness (QED) is 0.803. The topological polar surface area (TPSA) is 46.5 Å². The van der Waals surface area contributed by atoms with Gasteiger partial charge in [0, 0.05) is 13.7 Å². The van der Waals surface area contributed by atoms with Crippen LogP contribution in [0.3, 0.4) is 0 Å². The highest BCUT2D eigenvalue weighted by Crippen LogP contribution is 2.13. The van der Waals surface area contributed by atoms with Crippen LogP contribution in [0.1, 0.15) is 17.5 Å². The smallest absolute Gasteiger partial charge is 0.306 e. The highest BCUT2D eigenvalue weighted by Gasteiger charge is 2.17. The number of carboxylic acids is 1. The van der Waals surface area contributed by atoms with Gasteiger partial charge in [0.05, 0.1) is 5.92 Å². The summed E-state index contributed by atoms with van der Waals surface area (Å²) in [5, 5.41) is 9.06. The molecule has 0 fully saturated rings. The summed E-state index contributed by atoms with van der Waals surface area (Å²) >= 11 is 0. The molecule has 1 aromatic carbocycles. The van der Waals surface area contributed by atoms with Crippen molar-refractivity contribution in [2.24, 2.45) is 5.92 Å². The molecular weight excluding hydrogens is 204 g/mol. The minimum absolute atomic E-state index is 0.359. The number of carboxylic acid groups (broad SMARTS) is 1. The zero-order valence-corrected chi connectivity index (χ0v) is 9.77. The van der Waals surface area contributed by atoms with Crippen molar-refractivity contribution in [1.29, 1.82) is 0 Å². The van der Waals surface area contributed by atoms with Gasteiger partial charge in [0.1, 0.15) is 0 Å². The van der Waals surface area contributed by atoms with Crippen LogP contribution < -0.4 is 0 Å². The van der Waals surface area contributed by atoms with Crippen LogP contribution in [0.2, 0.25) is 0 Å². The van der Waals surface area contributed by atoms with Crippen LogP contribution in [0.25, 0.3) is 0 Å². The van der Waals surface area contributed by atoms with Crippen molar-refractivity contribution in [3.8, 4) is 0 Å². The summed E-state index contributed by atoms with van der Waals surface area (Å²) in [4.78, 5) is 11.0. The number of methoxy groups -OCH3 is 1. The molecule has 0 saturated heterocycles. The van der Waals surface area contributed by atoms with E-state index in [0.29, 0.717) is 19.4 Å². The van der Waals surface area contributed by atoms with Gasteiger partial charge in [-0.2, -0.15) is 0 Å². The van der Waals surface area contributed by atoms with Gasteiger partial charge in [-0.25, -0.2) is 0 Å². The first-order valence-corrected chi connectivity index (χ1v) is 5.40. The van der Waals surface area contributed by atoms with E-state index in [2.05, 4.69) is 0 Å². The second-order valence-electron chi connectivity index (χ2n) is 4.01. The molecule has 0 aliphatic heterocycles.